The maximum Gasteiger partial charge on any atom is 0.0431 e. The van der Waals surface area contributed by atoms with Gasteiger partial charge in [-0.3, -0.25) is 0 Å². The van der Waals surface area contributed by atoms with Gasteiger partial charge >= 0.3 is 0 Å². The van der Waals surface area contributed by atoms with E-state index < -0.39 is 0 Å². The van der Waals surface area contributed by atoms with Gasteiger partial charge in [0.15, 0.2) is 0 Å². The van der Waals surface area contributed by atoms with E-state index in [4.69, 9.17) is 16.6 Å². The minimum absolute atomic E-state index is 0.195. The largest absolute Gasteiger partial charge is 0.396 e. The van der Waals surface area contributed by atoms with E-state index in [9.17, 15) is 0 Å². The average molecular weight is 172 g/mol. The van der Waals surface area contributed by atoms with Crippen molar-refractivity contribution in [3.8, 4) is 0 Å². The molecule has 0 aliphatic carbocycles. The number of rotatable bonds is 7. The van der Waals surface area contributed by atoms with Crippen molar-refractivity contribution >= 4 is 0 Å². The van der Waals surface area contributed by atoms with E-state index in [0.29, 0.717) is 6.54 Å². The van der Waals surface area contributed by atoms with Crippen molar-refractivity contribution in [3.05, 3.63) is 12.7 Å². The van der Waals surface area contributed by atoms with E-state index in [2.05, 4.69) is 6.58 Å². The average Bonchev–Trinajstić information content (AvgIpc) is 2.02. The molecule has 0 saturated carbocycles. The van der Waals surface area contributed by atoms with Gasteiger partial charge in [-0.1, -0.05) is 6.08 Å². The maximum atomic E-state index is 8.65. The Balaban J connectivity index is 3.88. The Morgan fingerprint density at radius 1 is 1.42 bits per heavy atom. The molecule has 0 aliphatic rings. The molecule has 0 aromatic carbocycles. The van der Waals surface area contributed by atoms with Gasteiger partial charge in [-0.2, -0.15) is 0 Å². The lowest BCUT2D eigenvalue weighted by Crippen LogP contribution is -2.41. The zero-order valence-corrected chi connectivity index (χ0v) is 7.63. The lowest BCUT2D eigenvalue weighted by molar-refractivity contribution is 0.256. The van der Waals surface area contributed by atoms with Gasteiger partial charge in [-0.05, 0) is 32.2 Å². The van der Waals surface area contributed by atoms with Crippen LogP contribution in [0.5, 0.6) is 0 Å². The molecule has 0 saturated heterocycles. The summed E-state index contributed by atoms with van der Waals surface area (Å²) in [5.74, 6) is 0. The Kier molecular flexibility index (Phi) is 5.98. The quantitative estimate of drug-likeness (QED) is 0.486. The molecule has 0 fully saturated rings. The molecule has 3 nitrogen and oxygen atoms in total. The lowest BCUT2D eigenvalue weighted by Gasteiger charge is -2.27. The highest BCUT2D eigenvalue weighted by atomic mass is 16.2. The topological polar surface area (TPSA) is 72.3 Å². The summed E-state index contributed by atoms with van der Waals surface area (Å²) >= 11 is 0. The lowest BCUT2D eigenvalue weighted by atomic mass is 9.87. The molecule has 12 heavy (non-hydrogen) atoms. The van der Waals surface area contributed by atoms with Crippen LogP contribution in [0.3, 0.4) is 0 Å². The summed E-state index contributed by atoms with van der Waals surface area (Å²) in [6, 6.07) is 0. The van der Waals surface area contributed by atoms with Crippen molar-refractivity contribution in [2.24, 2.45) is 11.5 Å². The van der Waals surface area contributed by atoms with Gasteiger partial charge in [0.2, 0.25) is 0 Å². The number of aliphatic hydroxyl groups is 1. The van der Waals surface area contributed by atoms with Gasteiger partial charge in [-0.15, -0.1) is 6.58 Å². The summed E-state index contributed by atoms with van der Waals surface area (Å²) in [4.78, 5) is 0. The van der Waals surface area contributed by atoms with Crippen molar-refractivity contribution in [1.29, 1.82) is 0 Å². The number of hydrogen-bond donors (Lipinski definition) is 3. The minimum Gasteiger partial charge on any atom is -0.396 e. The normalized spacial score (nSPS) is 15.6. The van der Waals surface area contributed by atoms with Gasteiger partial charge in [0, 0.05) is 12.1 Å². The third-order valence-corrected chi connectivity index (χ3v) is 2.03. The first-order valence-corrected chi connectivity index (χ1v) is 4.39. The van der Waals surface area contributed by atoms with Crippen LogP contribution in [0.15, 0.2) is 12.7 Å². The second-order valence-electron chi connectivity index (χ2n) is 3.22. The van der Waals surface area contributed by atoms with Crippen LogP contribution in [-0.4, -0.2) is 23.8 Å². The van der Waals surface area contributed by atoms with Crippen molar-refractivity contribution < 1.29 is 5.11 Å². The molecule has 0 heterocycles. The molecule has 0 spiro atoms. The molecular formula is C9H20N2O. The number of aliphatic hydroxyl groups excluding tert-OH is 1. The van der Waals surface area contributed by atoms with E-state index in [-0.39, 0.29) is 12.1 Å². The predicted molar refractivity (Wildman–Crippen MR) is 51.7 cm³/mol. The van der Waals surface area contributed by atoms with Crippen molar-refractivity contribution in [2.45, 2.75) is 31.2 Å². The van der Waals surface area contributed by atoms with E-state index in [1.54, 1.807) is 0 Å². The van der Waals surface area contributed by atoms with Crippen molar-refractivity contribution in [3.63, 3.8) is 0 Å². The van der Waals surface area contributed by atoms with E-state index >= 15 is 0 Å². The standard InChI is InChI=1S/C9H20N2O/c1-2-4-9(11,6-7-10)5-3-8-12/h2,12H,1,3-8,10-11H2. The van der Waals surface area contributed by atoms with E-state index in [0.717, 1.165) is 25.7 Å². The van der Waals surface area contributed by atoms with Gasteiger partial charge in [0.25, 0.3) is 0 Å². The molecule has 0 rings (SSSR count). The van der Waals surface area contributed by atoms with Crippen LogP contribution in [0, 0.1) is 0 Å². The van der Waals surface area contributed by atoms with Gasteiger partial charge in [-0.25, -0.2) is 0 Å². The SMILES string of the molecule is C=CCC(N)(CCN)CCCO. The second-order valence-corrected chi connectivity index (χ2v) is 3.22. The van der Waals surface area contributed by atoms with Crippen LogP contribution in [0.25, 0.3) is 0 Å². The maximum absolute atomic E-state index is 8.65. The molecule has 0 aromatic rings. The molecule has 5 N–H and O–H groups in total. The van der Waals surface area contributed by atoms with Gasteiger partial charge < -0.3 is 16.6 Å². The van der Waals surface area contributed by atoms with E-state index in [1.165, 1.54) is 0 Å². The summed E-state index contributed by atoms with van der Waals surface area (Å²) in [7, 11) is 0. The van der Waals surface area contributed by atoms with Crippen LogP contribution < -0.4 is 11.5 Å². The van der Waals surface area contributed by atoms with Crippen LogP contribution >= 0.6 is 0 Å². The fraction of sp³-hybridized carbons (Fsp3) is 0.778. The van der Waals surface area contributed by atoms with Gasteiger partial charge in [0.05, 0.1) is 0 Å². The summed E-state index contributed by atoms with van der Waals surface area (Å²) in [6.45, 7) is 4.44. The first-order valence-electron chi connectivity index (χ1n) is 4.39. The van der Waals surface area contributed by atoms with Crippen LogP contribution in [0.4, 0.5) is 0 Å². The molecule has 1 unspecified atom stereocenters. The smallest absolute Gasteiger partial charge is 0.0431 e. The van der Waals surface area contributed by atoms with Crippen LogP contribution in [0.2, 0.25) is 0 Å². The first-order chi connectivity index (χ1) is 5.68. The van der Waals surface area contributed by atoms with Gasteiger partial charge in [0.1, 0.15) is 0 Å². The summed E-state index contributed by atoms with van der Waals surface area (Å²) in [6.07, 6.45) is 4.92. The van der Waals surface area contributed by atoms with Crippen molar-refractivity contribution in [2.75, 3.05) is 13.2 Å². The summed E-state index contributed by atoms with van der Waals surface area (Å²) in [5.41, 5.74) is 11.2. The predicted octanol–water partition coefficient (Wildman–Crippen LogP) is 0.381. The monoisotopic (exact) mass is 172 g/mol. The molecule has 0 bridgehead atoms. The first kappa shape index (κ1) is 11.6. The molecule has 0 aromatic heterocycles. The summed E-state index contributed by atoms with van der Waals surface area (Å²) in [5, 5.41) is 8.65. The van der Waals surface area contributed by atoms with Crippen LogP contribution in [-0.2, 0) is 0 Å². The number of hydrogen-bond acceptors (Lipinski definition) is 3. The Labute approximate surface area is 74.4 Å². The van der Waals surface area contributed by atoms with Crippen molar-refractivity contribution in [1.82, 2.24) is 0 Å². The summed E-state index contributed by atoms with van der Waals surface area (Å²) < 4.78 is 0. The van der Waals surface area contributed by atoms with Crippen LogP contribution in [0.1, 0.15) is 25.7 Å². The highest BCUT2D eigenvalue weighted by Crippen LogP contribution is 2.18. The molecule has 1 atom stereocenters. The molecular weight excluding hydrogens is 152 g/mol. The second kappa shape index (κ2) is 6.17. The van der Waals surface area contributed by atoms with E-state index in [1.807, 2.05) is 6.08 Å². The highest BCUT2D eigenvalue weighted by Gasteiger charge is 2.21. The zero-order valence-electron chi connectivity index (χ0n) is 7.63. The zero-order chi connectivity index (χ0) is 9.45. The molecule has 3 heteroatoms. The minimum atomic E-state index is -0.251. The fourth-order valence-corrected chi connectivity index (χ4v) is 1.34. The fourth-order valence-electron chi connectivity index (χ4n) is 1.34. The molecule has 0 aliphatic heterocycles. The third-order valence-electron chi connectivity index (χ3n) is 2.03. The molecule has 0 radical (unpaired) electrons. The molecule has 72 valence electrons. The third kappa shape index (κ3) is 4.49. The number of nitrogens with two attached hydrogens (primary N) is 2. The Morgan fingerprint density at radius 2 is 2.08 bits per heavy atom. The molecule has 0 amide bonds. The Morgan fingerprint density at radius 3 is 2.50 bits per heavy atom. The Hall–Kier alpha value is -0.380. The Bertz CT molecular complexity index is 128. The highest BCUT2D eigenvalue weighted by molar-refractivity contribution is 4.90.